The molecule has 0 amide bonds. The molecule has 2 nitrogen and oxygen atoms in total. The highest BCUT2D eigenvalue weighted by molar-refractivity contribution is 6.31. The summed E-state index contributed by atoms with van der Waals surface area (Å²) in [5, 5.41) is 1.33. The van der Waals surface area contributed by atoms with Crippen molar-refractivity contribution in [2.75, 3.05) is 13.1 Å². The summed E-state index contributed by atoms with van der Waals surface area (Å²) in [4.78, 5) is 15.4. The van der Waals surface area contributed by atoms with Gasteiger partial charge < -0.3 is 0 Å². The summed E-state index contributed by atoms with van der Waals surface area (Å²) in [5.74, 6) is 0.117. The molecule has 5 heteroatoms. The van der Waals surface area contributed by atoms with Gasteiger partial charge in [-0.25, -0.2) is 0 Å². The lowest BCUT2D eigenvalue weighted by Gasteiger charge is -2.34. The number of nitrogens with zero attached hydrogens (tertiary/aromatic N) is 1. The fourth-order valence-electron chi connectivity index (χ4n) is 3.12. The van der Waals surface area contributed by atoms with Gasteiger partial charge in [0.2, 0.25) is 0 Å². The molecule has 24 heavy (non-hydrogen) atoms. The van der Waals surface area contributed by atoms with Gasteiger partial charge in [-0.15, -0.1) is 12.4 Å². The molecule has 1 aliphatic heterocycles. The molecule has 0 aliphatic carbocycles. The summed E-state index contributed by atoms with van der Waals surface area (Å²) in [6.45, 7) is 1.90. The van der Waals surface area contributed by atoms with E-state index < -0.39 is 0 Å². The van der Waals surface area contributed by atoms with Crippen molar-refractivity contribution in [1.82, 2.24) is 4.90 Å². The molecule has 1 unspecified atom stereocenters. The molecule has 0 radical (unpaired) electrons. The summed E-state index contributed by atoms with van der Waals surface area (Å²) in [7, 11) is 0. The Hall–Kier alpha value is -1.06. The number of ketones is 1. The number of rotatable bonds is 4. The summed E-state index contributed by atoms with van der Waals surface area (Å²) < 4.78 is 0. The summed E-state index contributed by atoms with van der Waals surface area (Å²) in [5.41, 5.74) is 1.69. The fraction of sp³-hybridized carbons (Fsp3) is 0.316. The molecule has 1 atom stereocenters. The van der Waals surface area contributed by atoms with E-state index in [1.54, 1.807) is 24.3 Å². The van der Waals surface area contributed by atoms with Gasteiger partial charge in [-0.1, -0.05) is 41.8 Å². The maximum absolute atomic E-state index is 13.1. The van der Waals surface area contributed by atoms with Crippen LogP contribution in [0.5, 0.6) is 0 Å². The number of likely N-dealkylation sites (tertiary alicyclic amines) is 1. The van der Waals surface area contributed by atoms with Gasteiger partial charge in [0, 0.05) is 15.6 Å². The molecule has 2 aromatic rings. The van der Waals surface area contributed by atoms with Crippen LogP contribution < -0.4 is 0 Å². The Morgan fingerprint density at radius 3 is 1.88 bits per heavy atom. The highest BCUT2D eigenvalue weighted by Gasteiger charge is 2.29. The minimum absolute atomic E-state index is 0. The molecular formula is C19H20Cl3NO. The first-order valence-electron chi connectivity index (χ1n) is 7.94. The number of benzene rings is 2. The second kappa shape index (κ2) is 8.87. The van der Waals surface area contributed by atoms with E-state index in [1.165, 1.54) is 6.42 Å². The third-order valence-electron chi connectivity index (χ3n) is 4.32. The highest BCUT2D eigenvalue weighted by Crippen LogP contribution is 2.29. The third-order valence-corrected chi connectivity index (χ3v) is 4.82. The van der Waals surface area contributed by atoms with Crippen LogP contribution in [0.4, 0.5) is 0 Å². The molecule has 0 saturated carbocycles. The number of hydrogen-bond acceptors (Lipinski definition) is 2. The molecule has 0 spiro atoms. The molecule has 0 aromatic heterocycles. The Balaban J connectivity index is 0.00000208. The zero-order chi connectivity index (χ0) is 16.2. The smallest absolute Gasteiger partial charge is 0.184 e. The maximum Gasteiger partial charge on any atom is 0.184 e. The number of Topliss-reactive ketones (excluding diaryl/α,β-unsaturated/α-hetero) is 1. The highest BCUT2D eigenvalue weighted by atomic mass is 35.5. The van der Waals surface area contributed by atoms with Crippen LogP contribution in [0.15, 0.2) is 48.5 Å². The standard InChI is InChI=1S/C19H19Cl2NO.ClH/c20-16-8-4-14(5-9-16)18(22-12-2-1-3-13-22)19(23)15-6-10-17(21)11-7-15;/h4-11,18H,1-3,12-13H2;1H. The third kappa shape index (κ3) is 4.52. The molecule has 1 fully saturated rings. The Morgan fingerprint density at radius 2 is 1.33 bits per heavy atom. The Kier molecular flexibility index (Phi) is 7.12. The molecule has 2 aromatic carbocycles. The number of piperidine rings is 1. The monoisotopic (exact) mass is 383 g/mol. The van der Waals surface area contributed by atoms with Crippen LogP contribution in [-0.2, 0) is 0 Å². The Labute approximate surface area is 159 Å². The van der Waals surface area contributed by atoms with Crippen LogP contribution in [-0.4, -0.2) is 23.8 Å². The zero-order valence-corrected chi connectivity index (χ0v) is 15.6. The molecule has 1 aliphatic rings. The van der Waals surface area contributed by atoms with Crippen LogP contribution in [0.3, 0.4) is 0 Å². The van der Waals surface area contributed by atoms with E-state index in [4.69, 9.17) is 23.2 Å². The van der Waals surface area contributed by atoms with Gasteiger partial charge in [-0.05, 0) is 67.9 Å². The lowest BCUT2D eigenvalue weighted by molar-refractivity contribution is 0.0783. The normalized spacial score (nSPS) is 16.2. The van der Waals surface area contributed by atoms with Crippen molar-refractivity contribution in [2.24, 2.45) is 0 Å². The van der Waals surface area contributed by atoms with Gasteiger partial charge in [-0.3, -0.25) is 9.69 Å². The fourth-order valence-corrected chi connectivity index (χ4v) is 3.37. The number of carbonyl (C=O) groups excluding carboxylic acids is 1. The lowest BCUT2D eigenvalue weighted by atomic mass is 9.94. The van der Waals surface area contributed by atoms with Crippen molar-refractivity contribution in [3.05, 3.63) is 69.7 Å². The van der Waals surface area contributed by atoms with E-state index in [1.807, 2.05) is 24.3 Å². The van der Waals surface area contributed by atoms with E-state index in [2.05, 4.69) is 4.90 Å². The van der Waals surface area contributed by atoms with Crippen LogP contribution in [0.1, 0.15) is 41.2 Å². The minimum Gasteiger partial charge on any atom is -0.292 e. The summed E-state index contributed by atoms with van der Waals surface area (Å²) in [6, 6.07) is 14.5. The molecule has 3 rings (SSSR count). The van der Waals surface area contributed by atoms with Gasteiger partial charge in [0.15, 0.2) is 5.78 Å². The van der Waals surface area contributed by atoms with E-state index >= 15 is 0 Å². The Bertz CT molecular complexity index is 664. The largest absolute Gasteiger partial charge is 0.292 e. The predicted octanol–water partition coefficient (Wildman–Crippen LogP) is 5.83. The van der Waals surface area contributed by atoms with Crippen LogP contribution in [0.2, 0.25) is 10.0 Å². The van der Waals surface area contributed by atoms with Gasteiger partial charge >= 0.3 is 0 Å². The lowest BCUT2D eigenvalue weighted by Crippen LogP contribution is -2.38. The molecule has 1 saturated heterocycles. The molecule has 0 N–H and O–H groups in total. The first kappa shape index (κ1) is 19.3. The zero-order valence-electron chi connectivity index (χ0n) is 13.3. The summed E-state index contributed by atoms with van der Waals surface area (Å²) in [6.07, 6.45) is 3.51. The van der Waals surface area contributed by atoms with Crippen LogP contribution >= 0.6 is 35.6 Å². The van der Waals surface area contributed by atoms with Crippen molar-refractivity contribution in [3.63, 3.8) is 0 Å². The van der Waals surface area contributed by atoms with Crippen molar-refractivity contribution >= 4 is 41.4 Å². The molecule has 0 bridgehead atoms. The van der Waals surface area contributed by atoms with E-state index in [-0.39, 0.29) is 24.2 Å². The van der Waals surface area contributed by atoms with E-state index in [0.29, 0.717) is 15.6 Å². The van der Waals surface area contributed by atoms with Crippen molar-refractivity contribution in [3.8, 4) is 0 Å². The Morgan fingerprint density at radius 1 is 0.833 bits per heavy atom. The first-order valence-corrected chi connectivity index (χ1v) is 8.70. The average molecular weight is 385 g/mol. The number of carbonyl (C=O) groups is 1. The second-order valence-corrected chi connectivity index (χ2v) is 6.79. The van der Waals surface area contributed by atoms with Gasteiger partial charge in [0.1, 0.15) is 0 Å². The van der Waals surface area contributed by atoms with Crippen LogP contribution in [0, 0.1) is 0 Å². The maximum atomic E-state index is 13.1. The average Bonchev–Trinajstić information content (AvgIpc) is 2.58. The van der Waals surface area contributed by atoms with E-state index in [0.717, 1.165) is 31.5 Å². The SMILES string of the molecule is Cl.O=C(c1ccc(Cl)cc1)C(c1ccc(Cl)cc1)N1CCCCC1. The van der Waals surface area contributed by atoms with E-state index in [9.17, 15) is 4.79 Å². The van der Waals surface area contributed by atoms with Crippen molar-refractivity contribution in [2.45, 2.75) is 25.3 Å². The van der Waals surface area contributed by atoms with Crippen LogP contribution in [0.25, 0.3) is 0 Å². The quantitative estimate of drug-likeness (QED) is 0.618. The van der Waals surface area contributed by atoms with Gasteiger partial charge in [0.05, 0.1) is 6.04 Å². The summed E-state index contributed by atoms with van der Waals surface area (Å²) >= 11 is 11.9. The number of hydrogen-bond donors (Lipinski definition) is 0. The molecular weight excluding hydrogens is 365 g/mol. The number of halogens is 3. The molecule has 128 valence electrons. The minimum atomic E-state index is -0.256. The molecule has 1 heterocycles. The van der Waals surface area contributed by atoms with Crippen molar-refractivity contribution < 1.29 is 4.79 Å². The van der Waals surface area contributed by atoms with Gasteiger partial charge in [0.25, 0.3) is 0 Å². The predicted molar refractivity (Wildman–Crippen MR) is 103 cm³/mol. The first-order chi connectivity index (χ1) is 11.1. The second-order valence-electron chi connectivity index (χ2n) is 5.92. The van der Waals surface area contributed by atoms with Gasteiger partial charge in [-0.2, -0.15) is 0 Å². The topological polar surface area (TPSA) is 20.3 Å². The van der Waals surface area contributed by atoms with Crippen molar-refractivity contribution in [1.29, 1.82) is 0 Å².